The van der Waals surface area contributed by atoms with Crippen LogP contribution in [0.3, 0.4) is 0 Å². The van der Waals surface area contributed by atoms with Crippen molar-refractivity contribution < 1.29 is 18.0 Å². The van der Waals surface area contributed by atoms with Gasteiger partial charge in [0.25, 0.3) is 0 Å². The second-order valence-electron chi connectivity index (χ2n) is 5.66. The minimum Gasteiger partial charge on any atom is -0.336 e. The van der Waals surface area contributed by atoms with E-state index >= 15 is 0 Å². The number of benzene rings is 1. The lowest BCUT2D eigenvalue weighted by molar-refractivity contribution is -0.142. The summed E-state index contributed by atoms with van der Waals surface area (Å²) >= 11 is 0. The van der Waals surface area contributed by atoms with Crippen molar-refractivity contribution in [2.45, 2.75) is 32.6 Å². The summed E-state index contributed by atoms with van der Waals surface area (Å²) in [5.41, 5.74) is 1.65. The Morgan fingerprint density at radius 2 is 1.96 bits per heavy atom. The zero-order valence-corrected chi connectivity index (χ0v) is 12.6. The Balaban J connectivity index is 1.72. The van der Waals surface area contributed by atoms with Gasteiger partial charge in [-0.25, -0.2) is 0 Å². The fourth-order valence-electron chi connectivity index (χ4n) is 2.75. The Morgan fingerprint density at radius 3 is 2.61 bits per heavy atom. The first kappa shape index (κ1) is 15.6. The molecule has 122 valence electrons. The average Bonchev–Trinajstić information content (AvgIpc) is 2.88. The predicted molar refractivity (Wildman–Crippen MR) is 77.5 cm³/mol. The first-order chi connectivity index (χ1) is 10.8. The van der Waals surface area contributed by atoms with Gasteiger partial charge in [0.1, 0.15) is 6.54 Å². The Hall–Kier alpha value is -2.31. The molecule has 0 saturated heterocycles. The summed E-state index contributed by atoms with van der Waals surface area (Å²) in [6, 6.07) is 8.83. The third-order valence-electron chi connectivity index (χ3n) is 4.04. The number of nitrogens with zero attached hydrogens (tertiary/aromatic N) is 3. The Kier molecular flexibility index (Phi) is 3.87. The van der Waals surface area contributed by atoms with Crippen molar-refractivity contribution in [2.75, 3.05) is 6.54 Å². The third kappa shape index (κ3) is 3.23. The maximum atomic E-state index is 12.7. The van der Waals surface area contributed by atoms with Gasteiger partial charge in [-0.2, -0.15) is 18.3 Å². The van der Waals surface area contributed by atoms with Gasteiger partial charge in [0.05, 0.1) is 0 Å². The van der Waals surface area contributed by atoms with Crippen molar-refractivity contribution >= 4 is 5.91 Å². The Morgan fingerprint density at radius 1 is 1.26 bits per heavy atom. The lowest BCUT2D eigenvalue weighted by Gasteiger charge is -2.29. The maximum absolute atomic E-state index is 12.7. The van der Waals surface area contributed by atoms with E-state index in [0.29, 0.717) is 18.8 Å². The van der Waals surface area contributed by atoms with Crippen molar-refractivity contribution in [3.8, 4) is 0 Å². The number of rotatable bonds is 2. The molecule has 7 heteroatoms. The lowest BCUT2D eigenvalue weighted by Crippen LogP contribution is -2.38. The molecule has 0 unspecified atom stereocenters. The molecule has 0 fully saturated rings. The summed E-state index contributed by atoms with van der Waals surface area (Å²) in [5, 5.41) is 3.50. The number of amides is 1. The summed E-state index contributed by atoms with van der Waals surface area (Å²) < 4.78 is 39.1. The van der Waals surface area contributed by atoms with Crippen molar-refractivity contribution in [3.63, 3.8) is 0 Å². The highest BCUT2D eigenvalue weighted by Gasteiger charge is 2.34. The van der Waals surface area contributed by atoms with Gasteiger partial charge in [-0.3, -0.25) is 9.48 Å². The van der Waals surface area contributed by atoms with E-state index in [1.165, 1.54) is 12.5 Å². The van der Waals surface area contributed by atoms with Crippen LogP contribution in [-0.4, -0.2) is 27.1 Å². The second kappa shape index (κ2) is 5.72. The highest BCUT2D eigenvalue weighted by Crippen LogP contribution is 2.28. The molecule has 0 saturated carbocycles. The summed E-state index contributed by atoms with van der Waals surface area (Å²) in [7, 11) is 0. The number of fused-ring (bicyclic) bond motifs is 1. The summed E-state index contributed by atoms with van der Waals surface area (Å²) in [6.07, 6.45) is -3.74. The highest BCUT2D eigenvalue weighted by molar-refractivity contribution is 5.76. The van der Waals surface area contributed by atoms with Crippen LogP contribution in [0.5, 0.6) is 0 Å². The molecule has 2 heterocycles. The topological polar surface area (TPSA) is 38.1 Å². The summed E-state index contributed by atoms with van der Waals surface area (Å²) in [4.78, 5) is 14.0. The maximum Gasteiger partial charge on any atom is 0.435 e. The van der Waals surface area contributed by atoms with Crippen LogP contribution in [0.2, 0.25) is 0 Å². The van der Waals surface area contributed by atoms with Gasteiger partial charge in [0.2, 0.25) is 5.91 Å². The van der Waals surface area contributed by atoms with Gasteiger partial charge >= 0.3 is 6.18 Å². The van der Waals surface area contributed by atoms with Gasteiger partial charge in [-0.1, -0.05) is 24.3 Å². The van der Waals surface area contributed by atoms with E-state index in [-0.39, 0.29) is 12.5 Å². The molecule has 1 amide bonds. The molecule has 2 aromatic rings. The number of hydrogen-bond donors (Lipinski definition) is 0. The first-order valence-electron chi connectivity index (χ1n) is 7.31. The van der Waals surface area contributed by atoms with E-state index in [1.54, 1.807) is 4.90 Å². The molecule has 4 nitrogen and oxygen atoms in total. The number of carbonyl (C=O) groups excluding carboxylic acids is 1. The van der Waals surface area contributed by atoms with Crippen molar-refractivity contribution in [1.29, 1.82) is 0 Å². The van der Waals surface area contributed by atoms with Crippen LogP contribution >= 0.6 is 0 Å². The van der Waals surface area contributed by atoms with E-state index in [1.807, 2.05) is 24.3 Å². The lowest BCUT2D eigenvalue weighted by atomic mass is 10.00. The van der Waals surface area contributed by atoms with Crippen molar-refractivity contribution in [2.24, 2.45) is 0 Å². The predicted octanol–water partition coefficient (Wildman–Crippen LogP) is 2.80. The molecule has 0 spiro atoms. The van der Waals surface area contributed by atoms with Gasteiger partial charge < -0.3 is 4.90 Å². The van der Waals surface area contributed by atoms with Crippen LogP contribution in [0.15, 0.2) is 30.3 Å². The highest BCUT2D eigenvalue weighted by atomic mass is 19.4. The second-order valence-corrected chi connectivity index (χ2v) is 5.66. The molecule has 1 aliphatic heterocycles. The molecular weight excluding hydrogens is 307 g/mol. The monoisotopic (exact) mass is 323 g/mol. The zero-order valence-electron chi connectivity index (χ0n) is 12.6. The number of aromatic nitrogens is 2. The van der Waals surface area contributed by atoms with Crippen molar-refractivity contribution in [1.82, 2.24) is 14.7 Å². The van der Waals surface area contributed by atoms with Gasteiger partial charge in [-0.05, 0) is 30.5 Å². The minimum absolute atomic E-state index is 0.177. The minimum atomic E-state index is -4.50. The molecule has 1 aromatic carbocycles. The Labute approximate surface area is 131 Å². The molecule has 3 rings (SSSR count). The van der Waals surface area contributed by atoms with Crippen LogP contribution < -0.4 is 0 Å². The van der Waals surface area contributed by atoms with Crippen molar-refractivity contribution in [3.05, 3.63) is 52.8 Å². The molecule has 1 aliphatic rings. The fourth-order valence-corrected chi connectivity index (χ4v) is 2.75. The zero-order chi connectivity index (χ0) is 16.6. The molecule has 0 N–H and O–H groups in total. The van der Waals surface area contributed by atoms with Crippen LogP contribution in [-0.2, 0) is 30.5 Å². The largest absolute Gasteiger partial charge is 0.435 e. The Bertz CT molecular complexity index is 736. The van der Waals surface area contributed by atoms with E-state index < -0.39 is 11.9 Å². The first-order valence-corrected chi connectivity index (χ1v) is 7.31. The van der Waals surface area contributed by atoms with E-state index in [2.05, 4.69) is 5.10 Å². The molecule has 0 radical (unpaired) electrons. The normalized spacial score (nSPS) is 14.7. The SMILES string of the molecule is Cc1cc(C(F)(F)F)nn1CC(=O)N1CCc2ccccc2C1. The average molecular weight is 323 g/mol. The molecule has 1 aromatic heterocycles. The van der Waals surface area contributed by atoms with E-state index in [0.717, 1.165) is 22.7 Å². The molecule has 0 bridgehead atoms. The fraction of sp³-hybridized carbons (Fsp3) is 0.375. The molecule has 23 heavy (non-hydrogen) atoms. The van der Waals surface area contributed by atoms with E-state index in [4.69, 9.17) is 0 Å². The quantitative estimate of drug-likeness (QED) is 0.852. The number of hydrogen-bond acceptors (Lipinski definition) is 2. The number of alkyl halides is 3. The summed E-state index contributed by atoms with van der Waals surface area (Å²) in [5.74, 6) is -0.223. The molecular formula is C16H16F3N3O. The van der Waals surface area contributed by atoms with Crippen LogP contribution in [0, 0.1) is 6.92 Å². The number of aryl methyl sites for hydroxylation is 1. The number of halogens is 3. The van der Waals surface area contributed by atoms with Gasteiger partial charge in [0.15, 0.2) is 5.69 Å². The molecule has 0 atom stereocenters. The summed E-state index contributed by atoms with van der Waals surface area (Å²) in [6.45, 7) is 2.40. The van der Waals surface area contributed by atoms with Crippen LogP contribution in [0.25, 0.3) is 0 Å². The smallest absolute Gasteiger partial charge is 0.336 e. The standard InChI is InChI=1S/C16H16F3N3O/c1-11-8-14(16(17,18)19)20-22(11)10-15(23)21-7-6-12-4-2-3-5-13(12)9-21/h2-5,8H,6-7,9-10H2,1H3. The van der Waals surface area contributed by atoms with E-state index in [9.17, 15) is 18.0 Å². The van der Waals surface area contributed by atoms with Crippen LogP contribution in [0.1, 0.15) is 22.5 Å². The van der Waals surface area contributed by atoms with Gasteiger partial charge in [0, 0.05) is 18.8 Å². The third-order valence-corrected chi connectivity index (χ3v) is 4.04. The van der Waals surface area contributed by atoms with Crippen LogP contribution in [0.4, 0.5) is 13.2 Å². The van der Waals surface area contributed by atoms with Gasteiger partial charge in [-0.15, -0.1) is 0 Å². The number of carbonyl (C=O) groups is 1. The molecule has 0 aliphatic carbocycles.